The molecule has 5 heteroatoms. The van der Waals surface area contributed by atoms with Crippen LogP contribution in [0, 0.1) is 5.92 Å². The van der Waals surface area contributed by atoms with E-state index in [-0.39, 0.29) is 12.6 Å². The van der Waals surface area contributed by atoms with Crippen molar-refractivity contribution in [2.24, 2.45) is 5.92 Å². The number of nitrogens with zero attached hydrogens (tertiary/aromatic N) is 1. The molecule has 1 heterocycles. The van der Waals surface area contributed by atoms with Crippen LogP contribution in [0.25, 0.3) is 0 Å². The van der Waals surface area contributed by atoms with Gasteiger partial charge in [-0.1, -0.05) is 13.8 Å². The van der Waals surface area contributed by atoms with E-state index in [0.717, 1.165) is 12.8 Å². The van der Waals surface area contributed by atoms with E-state index in [1.807, 2.05) is 10.8 Å². The molecular formula is C14H22N2O3. The molecule has 1 fully saturated rings. The highest BCUT2D eigenvalue weighted by molar-refractivity contribution is 5.89. The molecular weight excluding hydrogens is 244 g/mol. The van der Waals surface area contributed by atoms with Crippen molar-refractivity contribution in [2.75, 3.05) is 25.6 Å². The Balaban J connectivity index is 1.79. The Hall–Kier alpha value is -1.49. The summed E-state index contributed by atoms with van der Waals surface area (Å²) >= 11 is 0. The van der Waals surface area contributed by atoms with Gasteiger partial charge in [-0.25, -0.2) is 4.79 Å². The maximum atomic E-state index is 12.0. The van der Waals surface area contributed by atoms with Crippen LogP contribution in [0.2, 0.25) is 0 Å². The number of hydrogen-bond acceptors (Lipinski definition) is 4. The van der Waals surface area contributed by atoms with Crippen LogP contribution >= 0.6 is 0 Å². The average molecular weight is 266 g/mol. The summed E-state index contributed by atoms with van der Waals surface area (Å²) in [6, 6.07) is 2.09. The number of esters is 1. The standard InChI is InChI=1S/C14H22N2O3/c1-10(2)9-18-5-6-19-14(17)13-7-11(15)8-16(13)12-3-4-12/h7-8,10,12H,3-6,9,15H2,1-2H3. The maximum Gasteiger partial charge on any atom is 0.355 e. The van der Waals surface area contributed by atoms with Crippen LogP contribution in [0.1, 0.15) is 43.2 Å². The molecule has 106 valence electrons. The minimum atomic E-state index is -0.322. The molecule has 1 aromatic rings. The zero-order valence-electron chi connectivity index (χ0n) is 11.6. The summed E-state index contributed by atoms with van der Waals surface area (Å²) in [6.07, 6.45) is 4.02. The number of rotatable bonds is 7. The Kier molecular flexibility index (Phi) is 4.47. The monoisotopic (exact) mass is 266 g/mol. The molecule has 0 unspecified atom stereocenters. The van der Waals surface area contributed by atoms with Crippen LogP contribution in [0.15, 0.2) is 12.3 Å². The molecule has 0 atom stereocenters. The van der Waals surface area contributed by atoms with E-state index in [9.17, 15) is 4.79 Å². The Bertz CT molecular complexity index is 436. The van der Waals surface area contributed by atoms with Gasteiger partial charge in [0.05, 0.1) is 12.3 Å². The lowest BCUT2D eigenvalue weighted by atomic mass is 10.2. The molecule has 0 saturated heterocycles. The Labute approximate surface area is 113 Å². The molecule has 0 bridgehead atoms. The molecule has 0 aliphatic heterocycles. The Morgan fingerprint density at radius 2 is 2.21 bits per heavy atom. The molecule has 0 aromatic carbocycles. The first-order chi connectivity index (χ1) is 9.08. The lowest BCUT2D eigenvalue weighted by molar-refractivity contribution is 0.0268. The Morgan fingerprint density at radius 3 is 2.84 bits per heavy atom. The summed E-state index contributed by atoms with van der Waals surface area (Å²) in [5.74, 6) is 0.166. The summed E-state index contributed by atoms with van der Waals surface area (Å²) in [5.41, 5.74) is 6.89. The minimum Gasteiger partial charge on any atom is -0.459 e. The van der Waals surface area contributed by atoms with Gasteiger partial charge in [-0.15, -0.1) is 0 Å². The number of hydrogen-bond donors (Lipinski definition) is 1. The maximum absolute atomic E-state index is 12.0. The van der Waals surface area contributed by atoms with Crippen molar-refractivity contribution in [1.29, 1.82) is 0 Å². The molecule has 2 rings (SSSR count). The van der Waals surface area contributed by atoms with Gasteiger partial charge in [0.15, 0.2) is 0 Å². The predicted molar refractivity (Wildman–Crippen MR) is 73.1 cm³/mol. The summed E-state index contributed by atoms with van der Waals surface area (Å²) in [4.78, 5) is 12.0. The molecule has 19 heavy (non-hydrogen) atoms. The zero-order chi connectivity index (χ0) is 13.8. The Morgan fingerprint density at radius 1 is 1.47 bits per heavy atom. The second kappa shape index (κ2) is 6.10. The zero-order valence-corrected chi connectivity index (χ0v) is 11.6. The SMILES string of the molecule is CC(C)COCCOC(=O)c1cc(N)cn1C1CC1. The predicted octanol–water partition coefficient (Wildman–Crippen LogP) is 2.23. The van der Waals surface area contributed by atoms with Gasteiger partial charge in [0.1, 0.15) is 12.3 Å². The first-order valence-corrected chi connectivity index (χ1v) is 6.80. The van der Waals surface area contributed by atoms with Gasteiger partial charge in [-0.2, -0.15) is 0 Å². The van der Waals surface area contributed by atoms with Gasteiger partial charge in [-0.05, 0) is 24.8 Å². The van der Waals surface area contributed by atoms with Crippen molar-refractivity contribution in [2.45, 2.75) is 32.7 Å². The fourth-order valence-corrected chi connectivity index (χ4v) is 1.91. The third-order valence-electron chi connectivity index (χ3n) is 2.93. The third-order valence-corrected chi connectivity index (χ3v) is 2.93. The van der Waals surface area contributed by atoms with Crippen LogP contribution < -0.4 is 5.73 Å². The van der Waals surface area contributed by atoms with E-state index < -0.39 is 0 Å². The van der Waals surface area contributed by atoms with Crippen molar-refractivity contribution in [3.05, 3.63) is 18.0 Å². The van der Waals surface area contributed by atoms with Gasteiger partial charge in [-0.3, -0.25) is 0 Å². The molecule has 1 aliphatic rings. The van der Waals surface area contributed by atoms with E-state index in [1.165, 1.54) is 0 Å². The minimum absolute atomic E-state index is 0.279. The molecule has 1 aliphatic carbocycles. The van der Waals surface area contributed by atoms with E-state index in [0.29, 0.717) is 36.6 Å². The second-order valence-electron chi connectivity index (χ2n) is 5.40. The lowest BCUT2D eigenvalue weighted by Gasteiger charge is -2.09. The molecule has 2 N–H and O–H groups in total. The molecule has 1 aromatic heterocycles. The topological polar surface area (TPSA) is 66.5 Å². The molecule has 0 radical (unpaired) electrons. The van der Waals surface area contributed by atoms with E-state index in [2.05, 4.69) is 13.8 Å². The quantitative estimate of drug-likeness (QED) is 0.607. The number of aromatic nitrogens is 1. The summed E-state index contributed by atoms with van der Waals surface area (Å²) in [7, 11) is 0. The van der Waals surface area contributed by atoms with Crippen LogP contribution in [0.4, 0.5) is 5.69 Å². The number of anilines is 1. The van der Waals surface area contributed by atoms with Gasteiger partial charge in [0.2, 0.25) is 0 Å². The van der Waals surface area contributed by atoms with E-state index in [4.69, 9.17) is 15.2 Å². The van der Waals surface area contributed by atoms with Crippen molar-refractivity contribution in [1.82, 2.24) is 4.57 Å². The number of carbonyl (C=O) groups is 1. The third kappa shape index (κ3) is 3.99. The molecule has 1 saturated carbocycles. The molecule has 0 amide bonds. The first-order valence-electron chi connectivity index (χ1n) is 6.80. The summed E-state index contributed by atoms with van der Waals surface area (Å²) in [6.45, 7) is 5.56. The van der Waals surface area contributed by atoms with Crippen molar-refractivity contribution in [3.63, 3.8) is 0 Å². The summed E-state index contributed by atoms with van der Waals surface area (Å²) < 4.78 is 12.5. The summed E-state index contributed by atoms with van der Waals surface area (Å²) in [5, 5.41) is 0. The lowest BCUT2D eigenvalue weighted by Crippen LogP contribution is -2.15. The largest absolute Gasteiger partial charge is 0.459 e. The van der Waals surface area contributed by atoms with E-state index in [1.54, 1.807) is 6.07 Å². The van der Waals surface area contributed by atoms with Gasteiger partial charge < -0.3 is 19.8 Å². The average Bonchev–Trinajstić information content (AvgIpc) is 3.11. The number of carbonyl (C=O) groups excluding carboxylic acids is 1. The van der Waals surface area contributed by atoms with Crippen molar-refractivity contribution >= 4 is 11.7 Å². The number of ether oxygens (including phenoxy) is 2. The fourth-order valence-electron chi connectivity index (χ4n) is 1.91. The van der Waals surface area contributed by atoms with E-state index >= 15 is 0 Å². The molecule has 0 spiro atoms. The first kappa shape index (κ1) is 13.9. The van der Waals surface area contributed by atoms with Gasteiger partial charge in [0, 0.05) is 18.8 Å². The van der Waals surface area contributed by atoms with Gasteiger partial charge >= 0.3 is 5.97 Å². The normalized spacial score (nSPS) is 14.9. The van der Waals surface area contributed by atoms with Crippen molar-refractivity contribution < 1.29 is 14.3 Å². The van der Waals surface area contributed by atoms with Crippen LogP contribution in [-0.2, 0) is 9.47 Å². The fraction of sp³-hybridized carbons (Fsp3) is 0.643. The van der Waals surface area contributed by atoms with Gasteiger partial charge in [0.25, 0.3) is 0 Å². The highest BCUT2D eigenvalue weighted by Crippen LogP contribution is 2.37. The highest BCUT2D eigenvalue weighted by Gasteiger charge is 2.28. The smallest absolute Gasteiger partial charge is 0.355 e. The highest BCUT2D eigenvalue weighted by atomic mass is 16.6. The number of nitrogen functional groups attached to an aromatic ring is 1. The number of nitrogens with two attached hydrogens (primary N) is 1. The molecule has 5 nitrogen and oxygen atoms in total. The van der Waals surface area contributed by atoms with Crippen LogP contribution in [0.3, 0.4) is 0 Å². The van der Waals surface area contributed by atoms with Crippen molar-refractivity contribution in [3.8, 4) is 0 Å². The second-order valence-corrected chi connectivity index (χ2v) is 5.40. The van der Waals surface area contributed by atoms with Crippen LogP contribution in [-0.4, -0.2) is 30.4 Å². The van der Waals surface area contributed by atoms with Crippen LogP contribution in [0.5, 0.6) is 0 Å².